The van der Waals surface area contributed by atoms with E-state index in [1.807, 2.05) is 0 Å². The van der Waals surface area contributed by atoms with E-state index in [1.165, 1.54) is 30.7 Å². The molecule has 0 spiro atoms. The number of benzene rings is 2. The van der Waals surface area contributed by atoms with Gasteiger partial charge >= 0.3 is 17.8 Å². The first kappa shape index (κ1) is 25.9. The van der Waals surface area contributed by atoms with Crippen LogP contribution in [0.3, 0.4) is 0 Å². The minimum absolute atomic E-state index is 0.190. The zero-order valence-electron chi connectivity index (χ0n) is 19.7. The summed E-state index contributed by atoms with van der Waals surface area (Å²) >= 11 is 7.18. The Bertz CT molecular complexity index is 1430. The van der Waals surface area contributed by atoms with Crippen LogP contribution in [0.1, 0.15) is 44.8 Å². The molecule has 1 aliphatic rings. The summed E-state index contributed by atoms with van der Waals surface area (Å²) < 4.78 is 10.7. The molecule has 37 heavy (non-hydrogen) atoms. The average Bonchev–Trinajstić information content (AvgIpc) is 3.26. The molecule has 11 heteroatoms. The van der Waals surface area contributed by atoms with Crippen molar-refractivity contribution in [3.63, 3.8) is 0 Å². The molecule has 1 aliphatic carbocycles. The molecule has 3 aromatic rings. The highest BCUT2D eigenvalue weighted by molar-refractivity contribution is 7.16. The summed E-state index contributed by atoms with van der Waals surface area (Å²) in [7, 11) is 1.42. The number of halogens is 1. The van der Waals surface area contributed by atoms with Crippen molar-refractivity contribution in [2.75, 3.05) is 12.4 Å². The Labute approximate surface area is 221 Å². The van der Waals surface area contributed by atoms with Crippen LogP contribution in [0.15, 0.2) is 47.6 Å². The van der Waals surface area contributed by atoms with Gasteiger partial charge in [0.15, 0.2) is 11.5 Å². The lowest BCUT2D eigenvalue weighted by molar-refractivity contribution is -0.136. The maximum Gasteiger partial charge on any atom is 0.343 e. The van der Waals surface area contributed by atoms with Crippen molar-refractivity contribution < 1.29 is 23.9 Å². The molecule has 2 N–H and O–H groups in total. The van der Waals surface area contributed by atoms with Crippen LogP contribution in [0.4, 0.5) is 5.00 Å². The first-order valence-electron chi connectivity index (χ1n) is 11.2. The molecule has 188 valence electrons. The molecule has 1 heterocycles. The zero-order chi connectivity index (χ0) is 26.4. The second-order valence-corrected chi connectivity index (χ2v) is 9.53. The van der Waals surface area contributed by atoms with Gasteiger partial charge in [0.25, 0.3) is 0 Å². The molecule has 0 aliphatic heterocycles. The van der Waals surface area contributed by atoms with E-state index < -0.39 is 17.8 Å². The Kier molecular flexibility index (Phi) is 8.18. The molecule has 9 nitrogen and oxygen atoms in total. The Balaban J connectivity index is 1.37. The highest BCUT2D eigenvalue weighted by atomic mass is 35.5. The maximum atomic E-state index is 12.4. The highest BCUT2D eigenvalue weighted by Crippen LogP contribution is 2.37. The third-order valence-corrected chi connectivity index (χ3v) is 7.03. The summed E-state index contributed by atoms with van der Waals surface area (Å²) in [6.07, 6.45) is 5.01. The number of nitrogens with one attached hydrogen (secondary N) is 2. The number of esters is 1. The summed E-state index contributed by atoms with van der Waals surface area (Å²) in [4.78, 5) is 38.0. The number of hydrogen-bond donors (Lipinski definition) is 2. The van der Waals surface area contributed by atoms with Crippen LogP contribution in [-0.2, 0) is 22.4 Å². The van der Waals surface area contributed by atoms with E-state index in [-0.39, 0.29) is 11.5 Å². The number of rotatable bonds is 6. The molecule has 0 radical (unpaired) electrons. The maximum absolute atomic E-state index is 12.4. The van der Waals surface area contributed by atoms with Gasteiger partial charge in [0, 0.05) is 9.90 Å². The molecule has 2 aromatic carbocycles. The van der Waals surface area contributed by atoms with Crippen LogP contribution >= 0.6 is 22.9 Å². The molecule has 0 bridgehead atoms. The smallest absolute Gasteiger partial charge is 0.343 e. The summed E-state index contributed by atoms with van der Waals surface area (Å²) in [6, 6.07) is 13.1. The number of amides is 2. The minimum Gasteiger partial charge on any atom is -0.493 e. The lowest BCUT2D eigenvalue weighted by Crippen LogP contribution is -2.32. The molecule has 0 saturated heterocycles. The van der Waals surface area contributed by atoms with E-state index >= 15 is 0 Å². The largest absolute Gasteiger partial charge is 0.493 e. The van der Waals surface area contributed by atoms with Crippen LogP contribution < -0.4 is 20.2 Å². The number of aryl methyl sites for hydroxylation is 1. The first-order chi connectivity index (χ1) is 17.9. The molecule has 0 unspecified atom stereocenters. The average molecular weight is 537 g/mol. The van der Waals surface area contributed by atoms with Crippen LogP contribution in [-0.4, -0.2) is 31.1 Å². The fourth-order valence-electron chi connectivity index (χ4n) is 3.74. The predicted octanol–water partition coefficient (Wildman–Crippen LogP) is 4.47. The van der Waals surface area contributed by atoms with Gasteiger partial charge < -0.3 is 14.8 Å². The van der Waals surface area contributed by atoms with Crippen molar-refractivity contribution in [3.05, 3.63) is 74.6 Å². The standard InChI is InChI=1S/C26H21ClN4O5S/c1-35-21-12-15(6-11-20(21)36-26(34)16-7-9-17(27)10-8-16)14-29-31-24(33)23(32)30-25-19(13-28)18-4-2-3-5-22(18)37-25/h6-12,14H,2-5H2,1H3,(H,30,32)(H,31,33)/b29-14+. The molecular formula is C26H21ClN4O5S. The third-order valence-electron chi connectivity index (χ3n) is 5.57. The number of fused-ring (bicyclic) bond motifs is 1. The van der Waals surface area contributed by atoms with E-state index in [1.54, 1.807) is 36.4 Å². The van der Waals surface area contributed by atoms with Crippen molar-refractivity contribution in [3.8, 4) is 17.6 Å². The highest BCUT2D eigenvalue weighted by Gasteiger charge is 2.23. The van der Waals surface area contributed by atoms with E-state index in [0.717, 1.165) is 36.1 Å². The summed E-state index contributed by atoms with van der Waals surface area (Å²) in [5.74, 6) is -2.03. The van der Waals surface area contributed by atoms with Crippen molar-refractivity contribution in [1.82, 2.24) is 5.43 Å². The van der Waals surface area contributed by atoms with Crippen LogP contribution in [0.2, 0.25) is 5.02 Å². The second kappa shape index (κ2) is 11.7. The Hall–Kier alpha value is -4.20. The van der Waals surface area contributed by atoms with Gasteiger partial charge in [0.05, 0.1) is 24.5 Å². The quantitative estimate of drug-likeness (QED) is 0.157. The van der Waals surface area contributed by atoms with Gasteiger partial charge in [0.2, 0.25) is 0 Å². The van der Waals surface area contributed by atoms with Crippen LogP contribution in [0.5, 0.6) is 11.5 Å². The number of carbonyl (C=O) groups is 3. The summed E-state index contributed by atoms with van der Waals surface area (Å²) in [5, 5.41) is 16.7. The van der Waals surface area contributed by atoms with E-state index in [0.29, 0.717) is 26.7 Å². The van der Waals surface area contributed by atoms with Gasteiger partial charge in [-0.3, -0.25) is 9.59 Å². The monoisotopic (exact) mass is 536 g/mol. The number of ether oxygens (including phenoxy) is 2. The number of hydrazone groups is 1. The molecule has 0 saturated carbocycles. The van der Waals surface area contributed by atoms with Crippen molar-refractivity contribution in [2.24, 2.45) is 5.10 Å². The van der Waals surface area contributed by atoms with Crippen LogP contribution in [0.25, 0.3) is 0 Å². The van der Waals surface area contributed by atoms with Crippen LogP contribution in [0, 0.1) is 11.3 Å². The fraction of sp³-hybridized carbons (Fsp3) is 0.192. The van der Waals surface area contributed by atoms with Gasteiger partial charge in [-0.1, -0.05) is 11.6 Å². The zero-order valence-corrected chi connectivity index (χ0v) is 21.2. The topological polar surface area (TPSA) is 130 Å². The van der Waals surface area contributed by atoms with Crippen molar-refractivity contribution in [2.45, 2.75) is 25.7 Å². The van der Waals surface area contributed by atoms with Crippen molar-refractivity contribution >= 4 is 51.9 Å². The Morgan fingerprint density at radius 3 is 2.57 bits per heavy atom. The molecule has 0 atom stereocenters. The third kappa shape index (κ3) is 6.14. The SMILES string of the molecule is COc1cc(/C=N/NC(=O)C(=O)Nc2sc3c(c2C#N)CCCC3)ccc1OC(=O)c1ccc(Cl)cc1. The lowest BCUT2D eigenvalue weighted by Gasteiger charge is -2.10. The van der Waals surface area contributed by atoms with Gasteiger partial charge in [-0.15, -0.1) is 11.3 Å². The minimum atomic E-state index is -0.980. The molecule has 2 amide bonds. The number of anilines is 1. The lowest BCUT2D eigenvalue weighted by atomic mass is 9.96. The molecule has 1 aromatic heterocycles. The van der Waals surface area contributed by atoms with E-state index in [9.17, 15) is 19.6 Å². The molecule has 0 fully saturated rings. The van der Waals surface area contributed by atoms with Gasteiger partial charge in [0.1, 0.15) is 11.1 Å². The number of carbonyl (C=O) groups excluding carboxylic acids is 3. The summed E-state index contributed by atoms with van der Waals surface area (Å²) in [6.45, 7) is 0. The second-order valence-electron chi connectivity index (χ2n) is 7.99. The number of methoxy groups -OCH3 is 1. The molecule has 4 rings (SSSR count). The Morgan fingerprint density at radius 2 is 1.84 bits per heavy atom. The van der Waals surface area contributed by atoms with Crippen molar-refractivity contribution in [1.29, 1.82) is 5.26 Å². The van der Waals surface area contributed by atoms with E-state index in [2.05, 4.69) is 21.9 Å². The normalized spacial score (nSPS) is 12.4. The van der Waals surface area contributed by atoms with Gasteiger partial charge in [-0.05, 0) is 79.3 Å². The Morgan fingerprint density at radius 1 is 1.08 bits per heavy atom. The predicted molar refractivity (Wildman–Crippen MR) is 139 cm³/mol. The number of nitrogens with zero attached hydrogens (tertiary/aromatic N) is 2. The fourth-order valence-corrected chi connectivity index (χ4v) is 5.10. The van der Waals surface area contributed by atoms with Gasteiger partial charge in [-0.2, -0.15) is 10.4 Å². The number of nitriles is 1. The van der Waals surface area contributed by atoms with E-state index in [4.69, 9.17) is 21.1 Å². The first-order valence-corrected chi connectivity index (χ1v) is 12.4. The number of hydrogen-bond acceptors (Lipinski definition) is 8. The van der Waals surface area contributed by atoms with Gasteiger partial charge in [-0.25, -0.2) is 10.2 Å². The number of thiophene rings is 1. The molecular weight excluding hydrogens is 516 g/mol. The summed E-state index contributed by atoms with van der Waals surface area (Å²) in [5.41, 5.74) is 4.39.